The molecular weight excluding hydrogens is 373 g/mol. The van der Waals surface area contributed by atoms with Gasteiger partial charge in [-0.3, -0.25) is 0 Å². The molecule has 0 saturated heterocycles. The third-order valence-electron chi connectivity index (χ3n) is 6.88. The predicted molar refractivity (Wildman–Crippen MR) is 85.2 cm³/mol. The molecule has 1 aromatic rings. The number of phenols is 1. The normalized spacial score (nSPS) is 35.3. The fraction of sp³-hybridized carbons (Fsp3) is 0.667. The Morgan fingerprint density at radius 1 is 1.19 bits per heavy atom. The van der Waals surface area contributed by atoms with Gasteiger partial charge in [-0.1, -0.05) is 13.0 Å². The van der Waals surface area contributed by atoms with Gasteiger partial charge in [-0.15, -0.1) is 0 Å². The van der Waals surface area contributed by atoms with E-state index in [4.69, 9.17) is 4.52 Å². The maximum Gasteiger partial charge on any atom is 1.00 e. The molecule has 0 bridgehead atoms. The van der Waals surface area contributed by atoms with Gasteiger partial charge in [-0.2, -0.15) is 0 Å². The molecule has 2 fully saturated rings. The summed E-state index contributed by atoms with van der Waals surface area (Å²) in [6.07, 6.45) is 4.98. The van der Waals surface area contributed by atoms with Gasteiger partial charge in [0.25, 0.3) is 0 Å². The van der Waals surface area contributed by atoms with Gasteiger partial charge < -0.3 is 24.0 Å². The van der Waals surface area contributed by atoms with Crippen molar-refractivity contribution in [1.29, 1.82) is 0 Å². The summed E-state index contributed by atoms with van der Waals surface area (Å²) in [4.78, 5) is 22.2. The van der Waals surface area contributed by atoms with Gasteiger partial charge in [0.1, 0.15) is 5.75 Å². The van der Waals surface area contributed by atoms with E-state index in [0.717, 1.165) is 32.1 Å². The third-order valence-corrected chi connectivity index (χ3v) is 7.39. The molecule has 0 unspecified atom stereocenters. The van der Waals surface area contributed by atoms with Gasteiger partial charge in [-0.25, -0.2) is 0 Å². The Morgan fingerprint density at radius 3 is 2.62 bits per heavy atom. The smallest absolute Gasteiger partial charge is 0.790 e. The van der Waals surface area contributed by atoms with Crippen molar-refractivity contribution in [3.05, 3.63) is 29.3 Å². The molecule has 2 saturated carbocycles. The SMILES string of the molecule is C[C@]12CC[C@@H]3c4ccc(O)cc4CC[C@H]3[C@@H]1CC[C@@H]2OP(=O)([O-])[O-].[Na+].[Na+]. The van der Waals surface area contributed by atoms with Crippen molar-refractivity contribution in [2.75, 3.05) is 0 Å². The van der Waals surface area contributed by atoms with Crippen molar-refractivity contribution in [1.82, 2.24) is 0 Å². The van der Waals surface area contributed by atoms with Crippen LogP contribution in [0.2, 0.25) is 0 Å². The van der Waals surface area contributed by atoms with Gasteiger partial charge in [0.05, 0.1) is 13.9 Å². The average Bonchev–Trinajstić information content (AvgIpc) is 2.82. The number of hydrogen-bond donors (Lipinski definition) is 1. The zero-order chi connectivity index (χ0) is 17.1. The number of hydrogen-bond acceptors (Lipinski definition) is 5. The van der Waals surface area contributed by atoms with Crippen LogP contribution in [0.3, 0.4) is 0 Å². The monoisotopic (exact) mass is 396 g/mol. The summed E-state index contributed by atoms with van der Waals surface area (Å²) in [6, 6.07) is 5.70. The van der Waals surface area contributed by atoms with E-state index in [-0.39, 0.29) is 64.5 Å². The van der Waals surface area contributed by atoms with Crippen LogP contribution in [0, 0.1) is 17.3 Å². The standard InChI is InChI=1S/C18H25O5P.2Na/c1-18-9-8-14-13-5-3-12(19)10-11(13)2-4-15(14)16(18)6-7-17(18)23-24(20,21)22;;/h3,5,10,14-17,19H,2,4,6-9H2,1H3,(H2,20,21,22);;/q;2*+1/p-2/t14-,15-,16+,17+,18+;;/m1../s1. The number of fused-ring (bicyclic) bond motifs is 5. The second kappa shape index (κ2) is 8.47. The van der Waals surface area contributed by atoms with Crippen LogP contribution in [0.1, 0.15) is 56.1 Å². The molecule has 3 aliphatic carbocycles. The maximum atomic E-state index is 11.1. The van der Waals surface area contributed by atoms with Gasteiger partial charge in [-0.05, 0) is 85.0 Å². The second-order valence-corrected chi connectivity index (χ2v) is 9.07. The number of aromatic hydroxyl groups is 1. The molecule has 0 amide bonds. The summed E-state index contributed by atoms with van der Waals surface area (Å²) in [7, 11) is -4.94. The number of phosphoric acid groups is 1. The Balaban J connectivity index is 0.00000121. The summed E-state index contributed by atoms with van der Waals surface area (Å²) in [5, 5.41) is 9.72. The van der Waals surface area contributed by atoms with E-state index in [9.17, 15) is 19.5 Å². The molecule has 132 valence electrons. The Bertz CT molecular complexity index is 709. The van der Waals surface area contributed by atoms with Gasteiger partial charge >= 0.3 is 59.1 Å². The zero-order valence-corrected chi connectivity index (χ0v) is 20.7. The van der Waals surface area contributed by atoms with Crippen LogP contribution in [0.15, 0.2) is 18.2 Å². The molecule has 0 heterocycles. The Kier molecular flexibility index (Phi) is 7.63. The topological polar surface area (TPSA) is 92.7 Å². The molecule has 0 spiro atoms. The van der Waals surface area contributed by atoms with Gasteiger partial charge in [0, 0.05) is 0 Å². The van der Waals surface area contributed by atoms with E-state index in [2.05, 4.69) is 13.0 Å². The summed E-state index contributed by atoms with van der Waals surface area (Å²) in [5.74, 6) is 1.70. The quantitative estimate of drug-likeness (QED) is 0.413. The minimum Gasteiger partial charge on any atom is -0.790 e. The molecule has 8 heteroatoms. The Labute approximate surface area is 199 Å². The molecule has 1 N–H and O–H groups in total. The minimum atomic E-state index is -4.94. The second-order valence-electron chi connectivity index (χ2n) is 7.96. The van der Waals surface area contributed by atoms with Crippen molar-refractivity contribution >= 4 is 7.82 Å². The van der Waals surface area contributed by atoms with Crippen LogP contribution >= 0.6 is 7.82 Å². The molecule has 5 atom stereocenters. The van der Waals surface area contributed by atoms with E-state index in [1.54, 1.807) is 6.07 Å². The zero-order valence-electron chi connectivity index (χ0n) is 15.8. The van der Waals surface area contributed by atoms with Crippen molar-refractivity contribution in [2.45, 2.75) is 57.5 Å². The molecule has 1 aromatic carbocycles. The first-order chi connectivity index (χ1) is 11.3. The molecule has 4 rings (SSSR count). The maximum absolute atomic E-state index is 11.1. The summed E-state index contributed by atoms with van der Waals surface area (Å²) in [5.41, 5.74) is 2.36. The van der Waals surface area contributed by atoms with Crippen LogP contribution in [0.5, 0.6) is 5.75 Å². The third kappa shape index (κ3) is 4.18. The predicted octanol–water partition coefficient (Wildman–Crippen LogP) is -3.53. The van der Waals surface area contributed by atoms with Crippen LogP contribution in [0.4, 0.5) is 0 Å². The minimum absolute atomic E-state index is 0. The van der Waals surface area contributed by atoms with Crippen molar-refractivity contribution in [3.8, 4) is 5.75 Å². The molecule has 3 aliphatic rings. The van der Waals surface area contributed by atoms with Gasteiger partial charge in [0.15, 0.2) is 0 Å². The Morgan fingerprint density at radius 2 is 1.92 bits per heavy atom. The molecule has 5 nitrogen and oxygen atoms in total. The fourth-order valence-electron chi connectivity index (χ4n) is 5.85. The number of phosphoric ester groups is 1. The summed E-state index contributed by atoms with van der Waals surface area (Å²) in [6.45, 7) is 2.10. The number of aryl methyl sites for hydroxylation is 1. The van der Waals surface area contributed by atoms with Crippen molar-refractivity contribution in [2.24, 2.45) is 17.3 Å². The van der Waals surface area contributed by atoms with Crippen molar-refractivity contribution in [3.63, 3.8) is 0 Å². The van der Waals surface area contributed by atoms with E-state index in [0.29, 0.717) is 29.9 Å². The largest absolute Gasteiger partial charge is 1.00 e. The number of benzene rings is 1. The number of rotatable bonds is 2. The first kappa shape index (κ1) is 23.4. The Hall–Kier alpha value is 1.13. The van der Waals surface area contributed by atoms with E-state index in [1.165, 1.54) is 11.1 Å². The molecule has 0 aliphatic heterocycles. The molecular formula is C18H23Na2O5P. The van der Waals surface area contributed by atoms with E-state index < -0.39 is 13.9 Å². The summed E-state index contributed by atoms with van der Waals surface area (Å²) < 4.78 is 16.1. The molecule has 0 aromatic heterocycles. The van der Waals surface area contributed by atoms with Crippen LogP contribution in [0.25, 0.3) is 0 Å². The van der Waals surface area contributed by atoms with E-state index >= 15 is 0 Å². The molecule has 0 radical (unpaired) electrons. The van der Waals surface area contributed by atoms with Crippen molar-refractivity contribution < 1.29 is 83.1 Å². The van der Waals surface area contributed by atoms with Gasteiger partial charge in [0.2, 0.25) is 0 Å². The first-order valence-corrected chi connectivity index (χ1v) is 10.3. The fourth-order valence-corrected chi connectivity index (χ4v) is 6.51. The van der Waals surface area contributed by atoms with Crippen LogP contribution < -0.4 is 68.9 Å². The first-order valence-electron chi connectivity index (χ1n) is 8.80. The average molecular weight is 396 g/mol. The number of phenolic OH excluding ortho intramolecular Hbond substituents is 1. The van der Waals surface area contributed by atoms with E-state index in [1.807, 2.05) is 6.07 Å². The molecule has 26 heavy (non-hydrogen) atoms. The van der Waals surface area contributed by atoms with Crippen LogP contribution in [-0.4, -0.2) is 11.2 Å². The van der Waals surface area contributed by atoms with Crippen LogP contribution in [-0.2, 0) is 15.5 Å². The summed E-state index contributed by atoms with van der Waals surface area (Å²) >= 11 is 0.